The third-order valence-electron chi connectivity index (χ3n) is 2.87. The Balaban J connectivity index is 2.05. The van der Waals surface area contributed by atoms with Crippen LogP contribution in [0.5, 0.6) is 0 Å². The molecule has 6 nitrogen and oxygen atoms in total. The van der Waals surface area contributed by atoms with Gasteiger partial charge in [-0.1, -0.05) is 11.6 Å². The van der Waals surface area contributed by atoms with Gasteiger partial charge in [0.15, 0.2) is 5.82 Å². The second-order valence-corrected chi connectivity index (χ2v) is 4.30. The molecule has 0 aliphatic carbocycles. The van der Waals surface area contributed by atoms with E-state index in [4.69, 9.17) is 16.7 Å². The van der Waals surface area contributed by atoms with Crippen molar-refractivity contribution >= 4 is 17.4 Å². The highest BCUT2D eigenvalue weighted by Gasteiger charge is 2.20. The highest BCUT2D eigenvalue weighted by atomic mass is 35.5. The third kappa shape index (κ3) is 2.77. The minimum Gasteiger partial charge on any atom is -0.395 e. The fourth-order valence-electron chi connectivity index (χ4n) is 1.92. The SMILES string of the molecule is O=c1[nH]cnc(N2CCN(CCO)CC2)c1Cl. The Bertz CT molecular complexity index is 429. The van der Waals surface area contributed by atoms with Crippen molar-refractivity contribution in [2.45, 2.75) is 0 Å². The summed E-state index contributed by atoms with van der Waals surface area (Å²) in [4.78, 5) is 22.1. The van der Waals surface area contributed by atoms with Crippen LogP contribution < -0.4 is 10.5 Å². The van der Waals surface area contributed by atoms with Crippen LogP contribution in [0.15, 0.2) is 11.1 Å². The van der Waals surface area contributed by atoms with Crippen LogP contribution in [0.1, 0.15) is 0 Å². The highest BCUT2D eigenvalue weighted by Crippen LogP contribution is 2.19. The molecule has 1 fully saturated rings. The number of piperazine rings is 1. The van der Waals surface area contributed by atoms with Crippen LogP contribution in [0.3, 0.4) is 0 Å². The molecular weight excluding hydrogens is 244 g/mol. The number of aliphatic hydroxyl groups excluding tert-OH is 1. The van der Waals surface area contributed by atoms with E-state index in [2.05, 4.69) is 14.9 Å². The van der Waals surface area contributed by atoms with Crippen LogP contribution in [0, 0.1) is 0 Å². The number of β-amino-alcohol motifs (C(OH)–C–C–N with tert-alkyl or cyclic N) is 1. The monoisotopic (exact) mass is 258 g/mol. The lowest BCUT2D eigenvalue weighted by molar-refractivity contribution is 0.188. The summed E-state index contributed by atoms with van der Waals surface area (Å²) in [5.41, 5.74) is -0.311. The van der Waals surface area contributed by atoms with Gasteiger partial charge in [-0.15, -0.1) is 0 Å². The standard InChI is InChI=1S/C10H15ClN4O2/c11-8-9(12-7-13-10(8)17)15-3-1-14(2-4-15)5-6-16/h7,16H,1-6H2,(H,12,13,17). The summed E-state index contributed by atoms with van der Waals surface area (Å²) in [6, 6.07) is 0. The number of aliphatic hydroxyl groups is 1. The zero-order valence-electron chi connectivity index (χ0n) is 9.40. The van der Waals surface area contributed by atoms with Crippen molar-refractivity contribution in [3.8, 4) is 0 Å². The van der Waals surface area contributed by atoms with Gasteiger partial charge >= 0.3 is 0 Å². The number of rotatable bonds is 3. The van der Waals surface area contributed by atoms with Gasteiger partial charge in [-0.05, 0) is 0 Å². The number of hydrogen-bond donors (Lipinski definition) is 2. The topological polar surface area (TPSA) is 72.5 Å². The van der Waals surface area contributed by atoms with E-state index in [1.54, 1.807) is 0 Å². The van der Waals surface area contributed by atoms with Crippen LogP contribution in [-0.4, -0.2) is 59.3 Å². The molecule has 0 bridgehead atoms. The van der Waals surface area contributed by atoms with Crippen LogP contribution in [0.2, 0.25) is 5.02 Å². The van der Waals surface area contributed by atoms with E-state index >= 15 is 0 Å². The zero-order valence-corrected chi connectivity index (χ0v) is 10.2. The maximum atomic E-state index is 11.4. The average Bonchev–Trinajstić information content (AvgIpc) is 2.34. The van der Waals surface area contributed by atoms with Gasteiger partial charge < -0.3 is 15.0 Å². The molecule has 0 unspecified atom stereocenters. The fourth-order valence-corrected chi connectivity index (χ4v) is 2.14. The summed E-state index contributed by atoms with van der Waals surface area (Å²) >= 11 is 5.92. The van der Waals surface area contributed by atoms with Gasteiger partial charge in [-0.3, -0.25) is 9.69 Å². The Hall–Kier alpha value is -1.11. The maximum absolute atomic E-state index is 11.4. The van der Waals surface area contributed by atoms with Crippen molar-refractivity contribution in [2.75, 3.05) is 44.2 Å². The molecule has 0 atom stereocenters. The summed E-state index contributed by atoms with van der Waals surface area (Å²) in [7, 11) is 0. The first-order chi connectivity index (χ1) is 8.22. The first-order valence-corrected chi connectivity index (χ1v) is 5.91. The largest absolute Gasteiger partial charge is 0.395 e. The minimum absolute atomic E-state index is 0.142. The lowest BCUT2D eigenvalue weighted by Crippen LogP contribution is -2.47. The second-order valence-electron chi connectivity index (χ2n) is 3.92. The number of H-pyrrole nitrogens is 1. The number of hydrogen-bond acceptors (Lipinski definition) is 5. The number of nitrogens with one attached hydrogen (secondary N) is 1. The van der Waals surface area contributed by atoms with Crippen LogP contribution in [0.4, 0.5) is 5.82 Å². The molecule has 1 aromatic rings. The average molecular weight is 259 g/mol. The van der Waals surface area contributed by atoms with Gasteiger partial charge in [0.25, 0.3) is 5.56 Å². The number of aromatic amines is 1. The Morgan fingerprint density at radius 3 is 2.76 bits per heavy atom. The third-order valence-corrected chi connectivity index (χ3v) is 3.21. The van der Waals surface area contributed by atoms with Gasteiger partial charge in [0.1, 0.15) is 5.02 Å². The minimum atomic E-state index is -0.311. The number of anilines is 1. The molecule has 1 aliphatic heterocycles. The molecule has 0 spiro atoms. The molecule has 0 aromatic carbocycles. The first kappa shape index (κ1) is 12.3. The highest BCUT2D eigenvalue weighted by molar-refractivity contribution is 6.32. The molecule has 17 heavy (non-hydrogen) atoms. The summed E-state index contributed by atoms with van der Waals surface area (Å²) in [5.74, 6) is 0.541. The maximum Gasteiger partial charge on any atom is 0.271 e. The second kappa shape index (κ2) is 5.48. The van der Waals surface area contributed by atoms with Crippen LogP contribution >= 0.6 is 11.6 Å². The summed E-state index contributed by atoms with van der Waals surface area (Å²) < 4.78 is 0. The van der Waals surface area contributed by atoms with Crippen molar-refractivity contribution in [1.82, 2.24) is 14.9 Å². The molecule has 2 N–H and O–H groups in total. The fraction of sp³-hybridized carbons (Fsp3) is 0.600. The molecule has 94 valence electrons. The van der Waals surface area contributed by atoms with E-state index in [0.29, 0.717) is 12.4 Å². The quantitative estimate of drug-likeness (QED) is 0.768. The molecule has 0 radical (unpaired) electrons. The number of nitrogens with zero attached hydrogens (tertiary/aromatic N) is 3. The summed E-state index contributed by atoms with van der Waals surface area (Å²) in [5, 5.41) is 8.99. The summed E-state index contributed by atoms with van der Waals surface area (Å²) in [6.07, 6.45) is 1.36. The van der Waals surface area contributed by atoms with E-state index in [1.807, 2.05) is 4.90 Å². The van der Waals surface area contributed by atoms with Crippen molar-refractivity contribution in [3.63, 3.8) is 0 Å². The predicted molar refractivity (Wildman–Crippen MR) is 65.6 cm³/mol. The van der Waals surface area contributed by atoms with Crippen molar-refractivity contribution in [3.05, 3.63) is 21.7 Å². The Kier molecular flexibility index (Phi) is 3.98. The molecule has 1 aromatic heterocycles. The lowest BCUT2D eigenvalue weighted by Gasteiger charge is -2.35. The Labute approximate surface area is 104 Å². The van der Waals surface area contributed by atoms with E-state index in [9.17, 15) is 4.79 Å². The molecule has 1 aliphatic rings. The van der Waals surface area contributed by atoms with Crippen molar-refractivity contribution in [1.29, 1.82) is 0 Å². The van der Waals surface area contributed by atoms with E-state index in [0.717, 1.165) is 26.2 Å². The van der Waals surface area contributed by atoms with Crippen molar-refractivity contribution < 1.29 is 5.11 Å². The molecule has 2 heterocycles. The number of aromatic nitrogens is 2. The van der Waals surface area contributed by atoms with E-state index < -0.39 is 0 Å². The summed E-state index contributed by atoms with van der Waals surface area (Å²) in [6.45, 7) is 4.05. The molecular formula is C10H15ClN4O2. The molecule has 2 rings (SSSR count). The molecule has 0 saturated carbocycles. The zero-order chi connectivity index (χ0) is 12.3. The molecule has 0 amide bonds. The van der Waals surface area contributed by atoms with Gasteiger partial charge in [-0.25, -0.2) is 4.98 Å². The van der Waals surface area contributed by atoms with Crippen molar-refractivity contribution in [2.24, 2.45) is 0 Å². The van der Waals surface area contributed by atoms with Crippen LogP contribution in [-0.2, 0) is 0 Å². The van der Waals surface area contributed by atoms with E-state index in [-0.39, 0.29) is 17.2 Å². The Morgan fingerprint density at radius 2 is 2.12 bits per heavy atom. The smallest absolute Gasteiger partial charge is 0.271 e. The predicted octanol–water partition coefficient (Wildman–Crippen LogP) is -0.462. The lowest BCUT2D eigenvalue weighted by atomic mass is 10.3. The Morgan fingerprint density at radius 1 is 1.41 bits per heavy atom. The van der Waals surface area contributed by atoms with Gasteiger partial charge in [-0.2, -0.15) is 0 Å². The van der Waals surface area contributed by atoms with Gasteiger partial charge in [0.2, 0.25) is 0 Å². The number of halogens is 1. The normalized spacial score (nSPS) is 17.4. The van der Waals surface area contributed by atoms with E-state index in [1.165, 1.54) is 6.33 Å². The first-order valence-electron chi connectivity index (χ1n) is 5.53. The van der Waals surface area contributed by atoms with Crippen LogP contribution in [0.25, 0.3) is 0 Å². The molecule has 7 heteroatoms. The molecule has 1 saturated heterocycles. The van der Waals surface area contributed by atoms with Gasteiger partial charge in [0.05, 0.1) is 12.9 Å². The van der Waals surface area contributed by atoms with Gasteiger partial charge in [0, 0.05) is 32.7 Å².